The van der Waals surface area contributed by atoms with Gasteiger partial charge in [-0.3, -0.25) is 9.78 Å². The quantitative estimate of drug-likeness (QED) is 0.868. The van der Waals surface area contributed by atoms with Gasteiger partial charge >= 0.3 is 0 Å². The van der Waals surface area contributed by atoms with Crippen molar-refractivity contribution in [2.75, 3.05) is 24.5 Å². The largest absolute Gasteiger partial charge is 0.366 e. The maximum Gasteiger partial charge on any atom is 0.240 e. The highest BCUT2D eigenvalue weighted by Crippen LogP contribution is 2.23. The van der Waals surface area contributed by atoms with E-state index in [2.05, 4.69) is 9.88 Å². The number of rotatable bonds is 4. The molecule has 1 aliphatic heterocycles. The number of halogens is 2. The van der Waals surface area contributed by atoms with Crippen LogP contribution in [0.5, 0.6) is 0 Å². The van der Waals surface area contributed by atoms with Gasteiger partial charge in [0.05, 0.1) is 17.9 Å². The molecule has 2 atom stereocenters. The van der Waals surface area contributed by atoms with Crippen LogP contribution < -0.4 is 10.6 Å². The Hall–Kier alpha value is -1.82. The summed E-state index contributed by atoms with van der Waals surface area (Å²) in [5, 5.41) is 1.11. The van der Waals surface area contributed by atoms with Gasteiger partial charge in [-0.1, -0.05) is 29.3 Å². The maximum absolute atomic E-state index is 12.8. The minimum Gasteiger partial charge on any atom is -0.366 e. The van der Waals surface area contributed by atoms with Gasteiger partial charge in [0, 0.05) is 41.9 Å². The van der Waals surface area contributed by atoms with E-state index in [9.17, 15) is 4.79 Å². The Kier molecular flexibility index (Phi) is 6.01. The second kappa shape index (κ2) is 8.25. The van der Waals surface area contributed by atoms with Gasteiger partial charge in [0.2, 0.25) is 5.91 Å². The number of carbonyl (C=O) groups excluding carboxylic acids is 1. The molecule has 2 unspecified atom stereocenters. The second-order valence-electron chi connectivity index (χ2n) is 6.58. The van der Waals surface area contributed by atoms with Crippen molar-refractivity contribution in [3.8, 4) is 0 Å². The SMILES string of the molecule is CC1CN(c2cccnc2)CCN1C(=O)C(N)Cc1ccc(Cl)cc1Cl. The highest BCUT2D eigenvalue weighted by atomic mass is 35.5. The van der Waals surface area contributed by atoms with Gasteiger partial charge in [-0.2, -0.15) is 0 Å². The Morgan fingerprint density at radius 1 is 1.35 bits per heavy atom. The Morgan fingerprint density at radius 2 is 2.15 bits per heavy atom. The fourth-order valence-electron chi connectivity index (χ4n) is 3.28. The van der Waals surface area contributed by atoms with Crippen LogP contribution in [-0.2, 0) is 11.2 Å². The van der Waals surface area contributed by atoms with Crippen LogP contribution in [0, 0.1) is 0 Å². The number of benzene rings is 1. The number of aromatic nitrogens is 1. The monoisotopic (exact) mass is 392 g/mol. The Balaban J connectivity index is 1.63. The van der Waals surface area contributed by atoms with Crippen LogP contribution in [0.4, 0.5) is 5.69 Å². The van der Waals surface area contributed by atoms with Crippen LogP contribution in [0.3, 0.4) is 0 Å². The zero-order valence-electron chi connectivity index (χ0n) is 14.6. The Labute approximate surface area is 163 Å². The third-order valence-electron chi connectivity index (χ3n) is 4.69. The molecule has 2 aromatic rings. The number of hydrogen-bond acceptors (Lipinski definition) is 4. The highest BCUT2D eigenvalue weighted by Gasteiger charge is 2.30. The molecule has 2 heterocycles. The number of carbonyl (C=O) groups is 1. The van der Waals surface area contributed by atoms with E-state index in [-0.39, 0.29) is 11.9 Å². The van der Waals surface area contributed by atoms with E-state index in [1.165, 1.54) is 0 Å². The number of anilines is 1. The molecule has 1 aromatic carbocycles. The first-order valence-electron chi connectivity index (χ1n) is 8.60. The molecule has 1 aliphatic rings. The molecule has 0 saturated carbocycles. The zero-order chi connectivity index (χ0) is 18.7. The molecule has 26 heavy (non-hydrogen) atoms. The molecular weight excluding hydrogens is 371 g/mol. The lowest BCUT2D eigenvalue weighted by Gasteiger charge is -2.41. The van der Waals surface area contributed by atoms with Crippen molar-refractivity contribution in [2.24, 2.45) is 5.73 Å². The fraction of sp³-hybridized carbons (Fsp3) is 0.368. The summed E-state index contributed by atoms with van der Waals surface area (Å²) in [7, 11) is 0. The molecule has 0 spiro atoms. The number of nitrogens with zero attached hydrogens (tertiary/aromatic N) is 3. The minimum atomic E-state index is -0.624. The summed E-state index contributed by atoms with van der Waals surface area (Å²) in [6.45, 7) is 4.20. The third kappa shape index (κ3) is 4.29. The maximum atomic E-state index is 12.8. The van der Waals surface area contributed by atoms with Gasteiger partial charge in [0.15, 0.2) is 0 Å². The summed E-state index contributed by atoms with van der Waals surface area (Å²) in [5.74, 6) is -0.0469. The smallest absolute Gasteiger partial charge is 0.240 e. The number of hydrogen-bond donors (Lipinski definition) is 1. The first-order valence-corrected chi connectivity index (χ1v) is 9.36. The Morgan fingerprint density at radius 3 is 2.81 bits per heavy atom. The molecule has 2 N–H and O–H groups in total. The number of amides is 1. The van der Waals surface area contributed by atoms with Crippen molar-refractivity contribution in [1.29, 1.82) is 0 Å². The van der Waals surface area contributed by atoms with Crippen molar-refractivity contribution >= 4 is 34.8 Å². The molecule has 1 fully saturated rings. The van der Waals surface area contributed by atoms with Gasteiger partial charge in [-0.25, -0.2) is 0 Å². The van der Waals surface area contributed by atoms with Gasteiger partial charge < -0.3 is 15.5 Å². The number of piperazine rings is 1. The van der Waals surface area contributed by atoms with Crippen LogP contribution in [-0.4, -0.2) is 47.5 Å². The van der Waals surface area contributed by atoms with Gasteiger partial charge in [-0.15, -0.1) is 0 Å². The predicted molar refractivity (Wildman–Crippen MR) is 106 cm³/mol. The van der Waals surface area contributed by atoms with Crippen LogP contribution in [0.25, 0.3) is 0 Å². The van der Waals surface area contributed by atoms with E-state index in [1.807, 2.05) is 36.2 Å². The van der Waals surface area contributed by atoms with E-state index >= 15 is 0 Å². The van der Waals surface area contributed by atoms with Gasteiger partial charge in [0.25, 0.3) is 0 Å². The lowest BCUT2D eigenvalue weighted by atomic mass is 10.0. The molecular formula is C19H22Cl2N4O. The summed E-state index contributed by atoms with van der Waals surface area (Å²) in [5.41, 5.74) is 8.09. The summed E-state index contributed by atoms with van der Waals surface area (Å²) < 4.78 is 0. The molecule has 7 heteroatoms. The molecule has 0 radical (unpaired) electrons. The molecule has 1 aromatic heterocycles. The molecule has 5 nitrogen and oxygen atoms in total. The first kappa shape index (κ1) is 19.0. The first-order chi connectivity index (χ1) is 12.5. The summed E-state index contributed by atoms with van der Waals surface area (Å²) in [6.07, 6.45) is 4.00. The van der Waals surface area contributed by atoms with E-state index in [4.69, 9.17) is 28.9 Å². The van der Waals surface area contributed by atoms with E-state index < -0.39 is 6.04 Å². The molecule has 1 amide bonds. The van der Waals surface area contributed by atoms with E-state index in [1.54, 1.807) is 18.3 Å². The van der Waals surface area contributed by atoms with E-state index in [0.29, 0.717) is 23.0 Å². The lowest BCUT2D eigenvalue weighted by Crippen LogP contribution is -2.58. The van der Waals surface area contributed by atoms with Crippen molar-refractivity contribution in [3.05, 3.63) is 58.3 Å². The van der Waals surface area contributed by atoms with Gasteiger partial charge in [-0.05, 0) is 43.2 Å². The van der Waals surface area contributed by atoms with Crippen molar-refractivity contribution in [2.45, 2.75) is 25.4 Å². The normalized spacial score (nSPS) is 18.7. The van der Waals surface area contributed by atoms with Crippen LogP contribution in [0.1, 0.15) is 12.5 Å². The third-order valence-corrected chi connectivity index (χ3v) is 5.28. The van der Waals surface area contributed by atoms with Gasteiger partial charge in [0.1, 0.15) is 0 Å². The molecule has 138 valence electrons. The molecule has 1 saturated heterocycles. The number of pyridine rings is 1. The summed E-state index contributed by atoms with van der Waals surface area (Å²) in [4.78, 5) is 21.1. The van der Waals surface area contributed by atoms with Crippen LogP contribution in [0.2, 0.25) is 10.0 Å². The molecule has 3 rings (SSSR count). The summed E-state index contributed by atoms with van der Waals surface area (Å²) in [6, 6.07) is 8.65. The second-order valence-corrected chi connectivity index (χ2v) is 7.43. The van der Waals surface area contributed by atoms with Crippen molar-refractivity contribution < 1.29 is 4.79 Å². The minimum absolute atomic E-state index is 0.0469. The molecule has 0 aliphatic carbocycles. The molecule has 0 bridgehead atoms. The highest BCUT2D eigenvalue weighted by molar-refractivity contribution is 6.35. The predicted octanol–water partition coefficient (Wildman–Crippen LogP) is 3.00. The van der Waals surface area contributed by atoms with Crippen molar-refractivity contribution in [3.63, 3.8) is 0 Å². The van der Waals surface area contributed by atoms with E-state index in [0.717, 1.165) is 24.3 Å². The van der Waals surface area contributed by atoms with Crippen LogP contribution >= 0.6 is 23.2 Å². The number of nitrogens with two attached hydrogens (primary N) is 1. The zero-order valence-corrected chi connectivity index (χ0v) is 16.1. The Bertz CT molecular complexity index is 771. The fourth-order valence-corrected chi connectivity index (χ4v) is 3.77. The topological polar surface area (TPSA) is 62.5 Å². The standard InChI is InChI=1S/C19H22Cl2N4O/c1-13-12-24(16-3-2-6-23-11-16)7-8-25(13)19(26)18(22)9-14-4-5-15(20)10-17(14)21/h2-6,10-11,13,18H,7-9,12,22H2,1H3. The van der Waals surface area contributed by atoms with Crippen molar-refractivity contribution in [1.82, 2.24) is 9.88 Å². The van der Waals surface area contributed by atoms with Crippen LogP contribution in [0.15, 0.2) is 42.7 Å². The average Bonchev–Trinajstić information content (AvgIpc) is 2.64. The average molecular weight is 393 g/mol. The lowest BCUT2D eigenvalue weighted by molar-refractivity contribution is -0.135. The summed E-state index contributed by atoms with van der Waals surface area (Å²) >= 11 is 12.1.